The second kappa shape index (κ2) is 13.6. The lowest BCUT2D eigenvalue weighted by molar-refractivity contribution is -0.143. The number of nitrogens with two attached hydrogens (primary N) is 1. The fourth-order valence-corrected chi connectivity index (χ4v) is 3.23. The molecule has 0 heterocycles. The first-order valence-corrected chi connectivity index (χ1v) is 11.1. The van der Waals surface area contributed by atoms with Gasteiger partial charge in [0.1, 0.15) is 18.1 Å². The van der Waals surface area contributed by atoms with E-state index in [1.807, 2.05) is 6.07 Å². The molecule has 0 spiro atoms. The van der Waals surface area contributed by atoms with Crippen LogP contribution in [0.15, 0.2) is 30.3 Å². The Bertz CT molecular complexity index is 830. The fraction of sp³-hybridized carbons (Fsp3) is 0.565. The molecule has 0 aromatic heterocycles. The van der Waals surface area contributed by atoms with Crippen molar-refractivity contribution in [3.05, 3.63) is 35.9 Å². The summed E-state index contributed by atoms with van der Waals surface area (Å²) in [6.07, 6.45) is -2.39. The summed E-state index contributed by atoms with van der Waals surface area (Å²) in [5.74, 6) is -3.82. The van der Waals surface area contributed by atoms with Gasteiger partial charge in [0.05, 0.1) is 18.2 Å². The van der Waals surface area contributed by atoms with Crippen LogP contribution >= 0.6 is 0 Å². The standard InChI is InChI=1S/C23H36N4O7/c1-12(2)10-17(23(33)34)25-21(31)18(13(3)28)27-22(32)19(14(4)29)26-20(30)16(24)11-15-8-6-5-7-9-15/h5-9,12-14,16-19,28-29H,10-11,24H2,1-4H3,(H,25,31)(H,26,30)(H,27,32)(H,33,34). The van der Waals surface area contributed by atoms with E-state index in [4.69, 9.17) is 5.73 Å². The number of nitrogens with one attached hydrogen (secondary N) is 3. The number of aliphatic hydroxyl groups excluding tert-OH is 2. The Morgan fingerprint density at radius 1 is 0.824 bits per heavy atom. The van der Waals surface area contributed by atoms with Gasteiger partial charge in [-0.15, -0.1) is 0 Å². The van der Waals surface area contributed by atoms with Crippen LogP contribution < -0.4 is 21.7 Å². The molecule has 6 unspecified atom stereocenters. The third-order valence-electron chi connectivity index (χ3n) is 5.08. The molecule has 0 bridgehead atoms. The van der Waals surface area contributed by atoms with Crippen LogP contribution in [0.1, 0.15) is 39.7 Å². The molecule has 0 saturated heterocycles. The zero-order valence-corrected chi connectivity index (χ0v) is 19.9. The average molecular weight is 481 g/mol. The molecule has 0 fully saturated rings. The van der Waals surface area contributed by atoms with Gasteiger partial charge in [0.15, 0.2) is 0 Å². The van der Waals surface area contributed by atoms with Gasteiger partial charge in [-0.25, -0.2) is 4.79 Å². The second-order valence-corrected chi connectivity index (χ2v) is 8.78. The lowest BCUT2D eigenvalue weighted by Crippen LogP contribution is -2.62. The Hall–Kier alpha value is -3.02. The van der Waals surface area contributed by atoms with Crippen LogP contribution in [0.25, 0.3) is 0 Å². The molecule has 0 radical (unpaired) electrons. The van der Waals surface area contributed by atoms with E-state index in [2.05, 4.69) is 16.0 Å². The summed E-state index contributed by atoms with van der Waals surface area (Å²) in [5.41, 5.74) is 6.74. The summed E-state index contributed by atoms with van der Waals surface area (Å²) in [4.78, 5) is 49.4. The molecule has 190 valence electrons. The number of carbonyl (C=O) groups excluding carboxylic acids is 3. The Labute approximate surface area is 199 Å². The minimum absolute atomic E-state index is 0.0316. The van der Waals surface area contributed by atoms with Crippen molar-refractivity contribution < 1.29 is 34.5 Å². The number of aliphatic hydroxyl groups is 2. The largest absolute Gasteiger partial charge is 0.480 e. The number of rotatable bonds is 13. The van der Waals surface area contributed by atoms with E-state index in [1.165, 1.54) is 13.8 Å². The van der Waals surface area contributed by atoms with Gasteiger partial charge in [0.2, 0.25) is 17.7 Å². The maximum Gasteiger partial charge on any atom is 0.326 e. The van der Waals surface area contributed by atoms with Crippen molar-refractivity contribution in [3.8, 4) is 0 Å². The molecule has 1 rings (SSSR count). The lowest BCUT2D eigenvalue weighted by atomic mass is 10.0. The first-order valence-electron chi connectivity index (χ1n) is 11.1. The molecule has 0 aliphatic heterocycles. The van der Waals surface area contributed by atoms with E-state index >= 15 is 0 Å². The van der Waals surface area contributed by atoms with E-state index in [9.17, 15) is 34.5 Å². The summed E-state index contributed by atoms with van der Waals surface area (Å²) >= 11 is 0. The van der Waals surface area contributed by atoms with Gasteiger partial charge < -0.3 is 37.0 Å². The quantitative estimate of drug-likeness (QED) is 0.185. The third kappa shape index (κ3) is 9.46. The maximum absolute atomic E-state index is 12.8. The minimum Gasteiger partial charge on any atom is -0.480 e. The number of benzene rings is 1. The number of hydrogen-bond donors (Lipinski definition) is 7. The van der Waals surface area contributed by atoms with Crippen LogP contribution in [0, 0.1) is 5.92 Å². The van der Waals surface area contributed by atoms with Gasteiger partial charge in [-0.05, 0) is 38.2 Å². The van der Waals surface area contributed by atoms with Gasteiger partial charge in [-0.3, -0.25) is 14.4 Å². The Morgan fingerprint density at radius 2 is 1.29 bits per heavy atom. The third-order valence-corrected chi connectivity index (χ3v) is 5.08. The molecule has 3 amide bonds. The normalized spacial score (nSPS) is 16.5. The zero-order valence-electron chi connectivity index (χ0n) is 19.9. The van der Waals surface area contributed by atoms with Gasteiger partial charge in [-0.1, -0.05) is 44.2 Å². The summed E-state index contributed by atoms with van der Waals surface area (Å²) in [6, 6.07) is 3.80. The van der Waals surface area contributed by atoms with Gasteiger partial charge >= 0.3 is 5.97 Å². The highest BCUT2D eigenvalue weighted by atomic mass is 16.4. The second-order valence-electron chi connectivity index (χ2n) is 8.78. The highest BCUT2D eigenvalue weighted by molar-refractivity contribution is 5.94. The van der Waals surface area contributed by atoms with Crippen molar-refractivity contribution in [3.63, 3.8) is 0 Å². The molecular formula is C23H36N4O7. The predicted molar refractivity (Wildman–Crippen MR) is 124 cm³/mol. The predicted octanol–water partition coefficient (Wildman–Crippen LogP) is -1.10. The van der Waals surface area contributed by atoms with Crippen molar-refractivity contribution >= 4 is 23.7 Å². The lowest BCUT2D eigenvalue weighted by Gasteiger charge is -2.27. The number of amides is 3. The van der Waals surface area contributed by atoms with E-state index in [0.29, 0.717) is 0 Å². The number of carbonyl (C=O) groups is 4. The fourth-order valence-electron chi connectivity index (χ4n) is 3.23. The van der Waals surface area contributed by atoms with E-state index in [0.717, 1.165) is 5.56 Å². The zero-order chi connectivity index (χ0) is 26.0. The van der Waals surface area contributed by atoms with Crippen LogP contribution in [-0.2, 0) is 25.6 Å². The monoisotopic (exact) mass is 480 g/mol. The molecule has 11 nitrogen and oxygen atoms in total. The minimum atomic E-state index is -1.52. The molecule has 1 aromatic rings. The molecule has 0 aliphatic rings. The maximum atomic E-state index is 12.8. The molecule has 0 aliphatic carbocycles. The molecule has 6 atom stereocenters. The molecule has 34 heavy (non-hydrogen) atoms. The molecule has 8 N–H and O–H groups in total. The van der Waals surface area contributed by atoms with Crippen LogP contribution in [0.5, 0.6) is 0 Å². The SMILES string of the molecule is CC(C)CC(NC(=O)C(NC(=O)C(NC(=O)C(N)Cc1ccccc1)C(C)O)C(C)O)C(=O)O. The van der Waals surface area contributed by atoms with Crippen molar-refractivity contribution in [2.24, 2.45) is 11.7 Å². The highest BCUT2D eigenvalue weighted by Crippen LogP contribution is 2.07. The van der Waals surface area contributed by atoms with Crippen molar-refractivity contribution in [1.29, 1.82) is 0 Å². The molecule has 0 saturated carbocycles. The summed E-state index contributed by atoms with van der Waals surface area (Å²) in [7, 11) is 0. The average Bonchev–Trinajstić information content (AvgIpc) is 2.74. The molecule has 11 heteroatoms. The van der Waals surface area contributed by atoms with Crippen molar-refractivity contribution in [2.75, 3.05) is 0 Å². The van der Waals surface area contributed by atoms with E-state index in [-0.39, 0.29) is 18.8 Å². The topological polar surface area (TPSA) is 191 Å². The van der Waals surface area contributed by atoms with Gasteiger partial charge in [0.25, 0.3) is 0 Å². The number of carboxylic acids is 1. The van der Waals surface area contributed by atoms with Gasteiger partial charge in [0, 0.05) is 0 Å². The van der Waals surface area contributed by atoms with Crippen LogP contribution in [-0.4, -0.2) is 75.4 Å². The number of aliphatic carboxylic acids is 1. The first kappa shape index (κ1) is 29.0. The summed E-state index contributed by atoms with van der Waals surface area (Å²) < 4.78 is 0. The highest BCUT2D eigenvalue weighted by Gasteiger charge is 2.34. The Morgan fingerprint density at radius 3 is 1.74 bits per heavy atom. The van der Waals surface area contributed by atoms with Crippen molar-refractivity contribution in [2.45, 2.75) is 76.9 Å². The van der Waals surface area contributed by atoms with Crippen LogP contribution in [0.4, 0.5) is 0 Å². The Balaban J connectivity index is 2.88. The Kier molecular flexibility index (Phi) is 11.6. The molecular weight excluding hydrogens is 444 g/mol. The summed E-state index contributed by atoms with van der Waals surface area (Å²) in [6.45, 7) is 6.09. The molecule has 1 aromatic carbocycles. The van der Waals surface area contributed by atoms with Crippen molar-refractivity contribution in [1.82, 2.24) is 16.0 Å². The number of carboxylic acid groups (broad SMARTS) is 1. The van der Waals surface area contributed by atoms with E-state index in [1.54, 1.807) is 38.1 Å². The van der Waals surface area contributed by atoms with E-state index < -0.39 is 60.1 Å². The van der Waals surface area contributed by atoms with Crippen LogP contribution in [0.2, 0.25) is 0 Å². The number of hydrogen-bond acceptors (Lipinski definition) is 7. The van der Waals surface area contributed by atoms with Gasteiger partial charge in [-0.2, -0.15) is 0 Å². The first-order chi connectivity index (χ1) is 15.8. The smallest absolute Gasteiger partial charge is 0.326 e. The summed E-state index contributed by atoms with van der Waals surface area (Å²) in [5, 5.41) is 36.4. The van der Waals surface area contributed by atoms with Crippen LogP contribution in [0.3, 0.4) is 0 Å².